The second-order valence-electron chi connectivity index (χ2n) is 6.41. The minimum Gasteiger partial charge on any atom is -0.397 e. The Kier molecular flexibility index (Phi) is 5.01. The van der Waals surface area contributed by atoms with E-state index in [1.54, 1.807) is 38.1 Å². The Morgan fingerprint density at radius 1 is 1.27 bits per heavy atom. The van der Waals surface area contributed by atoms with Gasteiger partial charge in [-0.3, -0.25) is 4.79 Å². The van der Waals surface area contributed by atoms with E-state index in [0.29, 0.717) is 29.9 Å². The zero-order chi connectivity index (χ0) is 18.9. The Bertz CT molecular complexity index is 895. The van der Waals surface area contributed by atoms with Crippen LogP contribution in [-0.2, 0) is 14.8 Å². The number of nitrogen functional groups attached to an aromatic ring is 1. The van der Waals surface area contributed by atoms with Gasteiger partial charge < -0.3 is 15.6 Å². The van der Waals surface area contributed by atoms with Crippen LogP contribution >= 0.6 is 0 Å². The fraction of sp³-hybridized carbons (Fsp3) is 0.412. The van der Waals surface area contributed by atoms with Crippen molar-refractivity contribution in [3.63, 3.8) is 0 Å². The van der Waals surface area contributed by atoms with Crippen LogP contribution in [0, 0.1) is 19.8 Å². The first-order valence-corrected chi connectivity index (χ1v) is 9.83. The lowest BCUT2D eigenvalue weighted by molar-refractivity contribution is -0.120. The number of anilines is 2. The van der Waals surface area contributed by atoms with Crippen molar-refractivity contribution in [1.82, 2.24) is 9.46 Å². The number of para-hydroxylation sites is 2. The molecule has 1 saturated heterocycles. The molecule has 140 valence electrons. The van der Waals surface area contributed by atoms with Crippen LogP contribution in [0.25, 0.3) is 0 Å². The predicted octanol–water partition coefficient (Wildman–Crippen LogP) is 1.91. The summed E-state index contributed by atoms with van der Waals surface area (Å²) in [4.78, 5) is 12.6. The number of hydrogen-bond donors (Lipinski definition) is 2. The minimum absolute atomic E-state index is 0.123. The van der Waals surface area contributed by atoms with Crippen LogP contribution in [0.5, 0.6) is 0 Å². The molecule has 0 bridgehead atoms. The highest BCUT2D eigenvalue weighted by atomic mass is 32.2. The fourth-order valence-corrected chi connectivity index (χ4v) is 4.94. The lowest BCUT2D eigenvalue weighted by atomic mass is 9.97. The molecule has 26 heavy (non-hydrogen) atoms. The summed E-state index contributed by atoms with van der Waals surface area (Å²) in [6, 6.07) is 7.05. The zero-order valence-electron chi connectivity index (χ0n) is 14.7. The molecule has 1 amide bonds. The smallest absolute Gasteiger partial charge is 0.248 e. The van der Waals surface area contributed by atoms with Gasteiger partial charge in [0.15, 0.2) is 5.76 Å². The Balaban J connectivity index is 1.66. The van der Waals surface area contributed by atoms with Crippen molar-refractivity contribution < 1.29 is 17.7 Å². The predicted molar refractivity (Wildman–Crippen MR) is 96.9 cm³/mol. The number of piperidine rings is 1. The number of sulfonamides is 1. The van der Waals surface area contributed by atoms with Gasteiger partial charge in [0, 0.05) is 19.0 Å². The molecule has 8 nitrogen and oxygen atoms in total. The van der Waals surface area contributed by atoms with Gasteiger partial charge in [-0.15, -0.1) is 0 Å². The van der Waals surface area contributed by atoms with Gasteiger partial charge in [-0.1, -0.05) is 17.3 Å². The molecule has 2 heterocycles. The van der Waals surface area contributed by atoms with Crippen molar-refractivity contribution >= 4 is 27.3 Å². The van der Waals surface area contributed by atoms with Crippen molar-refractivity contribution in [3.8, 4) is 0 Å². The van der Waals surface area contributed by atoms with Crippen molar-refractivity contribution in [2.24, 2.45) is 5.92 Å². The number of nitrogens with zero attached hydrogens (tertiary/aromatic N) is 2. The standard InChI is InChI=1S/C17H22N4O4S/c1-11-16(12(2)25-20-11)26(23,24)21-9-7-13(8-10-21)17(22)19-15-6-4-3-5-14(15)18/h3-6,13H,7-10,18H2,1-2H3,(H,19,22). The van der Waals surface area contributed by atoms with Crippen LogP contribution in [0.1, 0.15) is 24.3 Å². The van der Waals surface area contributed by atoms with Crippen LogP contribution in [0.4, 0.5) is 11.4 Å². The molecule has 1 fully saturated rings. The van der Waals surface area contributed by atoms with Gasteiger partial charge in [-0.05, 0) is 38.8 Å². The second kappa shape index (κ2) is 7.08. The highest BCUT2D eigenvalue weighted by Gasteiger charge is 2.35. The molecule has 1 aliphatic rings. The quantitative estimate of drug-likeness (QED) is 0.785. The molecule has 9 heteroatoms. The number of benzene rings is 1. The molecule has 0 saturated carbocycles. The van der Waals surface area contributed by atoms with E-state index in [0.717, 1.165) is 0 Å². The number of aromatic nitrogens is 1. The SMILES string of the molecule is Cc1noc(C)c1S(=O)(=O)N1CCC(C(=O)Nc2ccccc2N)CC1. The van der Waals surface area contributed by atoms with Crippen LogP contribution in [0.2, 0.25) is 0 Å². The Morgan fingerprint density at radius 3 is 2.50 bits per heavy atom. The largest absolute Gasteiger partial charge is 0.397 e. The summed E-state index contributed by atoms with van der Waals surface area (Å²) in [5, 5.41) is 6.54. The average molecular weight is 378 g/mol. The van der Waals surface area contributed by atoms with Gasteiger partial charge in [-0.2, -0.15) is 4.31 Å². The van der Waals surface area contributed by atoms with Crippen LogP contribution in [0.15, 0.2) is 33.7 Å². The van der Waals surface area contributed by atoms with Gasteiger partial charge in [0.25, 0.3) is 0 Å². The third kappa shape index (κ3) is 3.45. The van der Waals surface area contributed by atoms with E-state index in [-0.39, 0.29) is 35.6 Å². The summed E-state index contributed by atoms with van der Waals surface area (Å²) in [7, 11) is -3.67. The summed E-state index contributed by atoms with van der Waals surface area (Å²) in [6.45, 7) is 3.73. The topological polar surface area (TPSA) is 119 Å². The second-order valence-corrected chi connectivity index (χ2v) is 8.28. The number of carbonyl (C=O) groups excluding carboxylic acids is 1. The molecule has 0 aliphatic carbocycles. The zero-order valence-corrected chi connectivity index (χ0v) is 15.5. The third-order valence-corrected chi connectivity index (χ3v) is 6.75. The number of carbonyl (C=O) groups is 1. The molecule has 0 unspecified atom stereocenters. The van der Waals surface area contributed by atoms with E-state index in [2.05, 4.69) is 10.5 Å². The van der Waals surface area contributed by atoms with E-state index >= 15 is 0 Å². The monoisotopic (exact) mass is 378 g/mol. The van der Waals surface area contributed by atoms with E-state index in [1.807, 2.05) is 0 Å². The fourth-order valence-electron chi connectivity index (χ4n) is 3.18. The van der Waals surface area contributed by atoms with E-state index < -0.39 is 10.0 Å². The average Bonchev–Trinajstić information content (AvgIpc) is 2.96. The van der Waals surface area contributed by atoms with E-state index in [4.69, 9.17) is 10.3 Å². The van der Waals surface area contributed by atoms with Gasteiger partial charge in [0.2, 0.25) is 15.9 Å². The molecule has 0 atom stereocenters. The summed E-state index contributed by atoms with van der Waals surface area (Å²) in [5.41, 5.74) is 7.26. The molecule has 3 N–H and O–H groups in total. The van der Waals surface area contributed by atoms with Gasteiger partial charge in [0.1, 0.15) is 10.6 Å². The van der Waals surface area contributed by atoms with Crippen LogP contribution < -0.4 is 11.1 Å². The van der Waals surface area contributed by atoms with Crippen molar-refractivity contribution in [2.75, 3.05) is 24.1 Å². The summed E-state index contributed by atoms with van der Waals surface area (Å²) >= 11 is 0. The normalized spacial score (nSPS) is 16.5. The van der Waals surface area contributed by atoms with Crippen molar-refractivity contribution in [3.05, 3.63) is 35.7 Å². The van der Waals surface area contributed by atoms with Gasteiger partial charge in [0.05, 0.1) is 11.4 Å². The molecular formula is C17H22N4O4S. The summed E-state index contributed by atoms with van der Waals surface area (Å²) in [5.74, 6) is -0.120. The van der Waals surface area contributed by atoms with Crippen LogP contribution in [-0.4, -0.2) is 36.9 Å². The van der Waals surface area contributed by atoms with Gasteiger partial charge >= 0.3 is 0 Å². The molecule has 1 aromatic carbocycles. The first-order chi connectivity index (χ1) is 12.3. The number of amides is 1. The van der Waals surface area contributed by atoms with Crippen molar-refractivity contribution in [1.29, 1.82) is 0 Å². The maximum absolute atomic E-state index is 12.8. The Morgan fingerprint density at radius 2 is 1.92 bits per heavy atom. The first kappa shape index (κ1) is 18.4. The molecular weight excluding hydrogens is 356 g/mol. The lowest BCUT2D eigenvalue weighted by Gasteiger charge is -2.30. The molecule has 1 aromatic heterocycles. The Hall–Kier alpha value is -2.39. The molecule has 3 rings (SSSR count). The first-order valence-electron chi connectivity index (χ1n) is 8.39. The van der Waals surface area contributed by atoms with E-state index in [9.17, 15) is 13.2 Å². The van der Waals surface area contributed by atoms with Gasteiger partial charge in [-0.25, -0.2) is 8.42 Å². The minimum atomic E-state index is -3.67. The van der Waals surface area contributed by atoms with E-state index in [1.165, 1.54) is 4.31 Å². The number of rotatable bonds is 4. The Labute approximate surface area is 152 Å². The third-order valence-electron chi connectivity index (χ3n) is 4.61. The number of hydrogen-bond acceptors (Lipinski definition) is 6. The number of nitrogens with one attached hydrogen (secondary N) is 1. The molecule has 0 radical (unpaired) electrons. The molecule has 2 aromatic rings. The van der Waals surface area contributed by atoms with Crippen molar-refractivity contribution in [2.45, 2.75) is 31.6 Å². The highest BCUT2D eigenvalue weighted by Crippen LogP contribution is 2.28. The number of nitrogens with two attached hydrogens (primary N) is 1. The number of aryl methyl sites for hydroxylation is 2. The molecule has 1 aliphatic heterocycles. The lowest BCUT2D eigenvalue weighted by Crippen LogP contribution is -2.41. The maximum Gasteiger partial charge on any atom is 0.248 e. The summed E-state index contributed by atoms with van der Waals surface area (Å²) in [6.07, 6.45) is 0.891. The maximum atomic E-state index is 12.8. The highest BCUT2D eigenvalue weighted by molar-refractivity contribution is 7.89. The molecule has 0 spiro atoms. The summed E-state index contributed by atoms with van der Waals surface area (Å²) < 4.78 is 32.0. The van der Waals surface area contributed by atoms with Crippen LogP contribution in [0.3, 0.4) is 0 Å².